The maximum atomic E-state index is 11.7. The lowest BCUT2D eigenvalue weighted by molar-refractivity contribution is -0.143. The zero-order valence-electron chi connectivity index (χ0n) is 10.8. The third-order valence-corrected chi connectivity index (χ3v) is 3.43. The third kappa shape index (κ3) is 2.49. The quantitative estimate of drug-likeness (QED) is 0.736. The Hall–Kier alpha value is -1.52. The normalized spacial score (nSPS) is 33.5. The van der Waals surface area contributed by atoms with Gasteiger partial charge in [0.2, 0.25) is 0 Å². The van der Waals surface area contributed by atoms with Crippen LogP contribution in [0.5, 0.6) is 0 Å². The highest BCUT2D eigenvalue weighted by Gasteiger charge is 2.49. The number of aliphatic carboxylic acids is 1. The van der Waals surface area contributed by atoms with Gasteiger partial charge in [0, 0.05) is 0 Å². The van der Waals surface area contributed by atoms with Gasteiger partial charge in [-0.3, -0.25) is 4.79 Å². The molecule has 1 saturated carbocycles. The maximum Gasteiger partial charge on any atom is 0.407 e. The number of carboxylic acid groups (broad SMARTS) is 1. The molecule has 2 bridgehead atoms. The van der Waals surface area contributed by atoms with Crippen molar-refractivity contribution in [3.8, 4) is 0 Å². The fourth-order valence-electron chi connectivity index (χ4n) is 2.80. The first-order valence-corrected chi connectivity index (χ1v) is 6.18. The highest BCUT2D eigenvalue weighted by atomic mass is 16.6. The molecule has 4 atom stereocenters. The summed E-state index contributed by atoms with van der Waals surface area (Å²) in [5.74, 6) is -1.24. The van der Waals surface area contributed by atoms with Crippen molar-refractivity contribution in [1.82, 2.24) is 5.32 Å². The number of alkyl carbamates (subject to hydrolysis) is 1. The average Bonchev–Trinajstić information content (AvgIpc) is 2.73. The fraction of sp³-hybridized carbons (Fsp3) is 0.692. The smallest absolute Gasteiger partial charge is 0.407 e. The topological polar surface area (TPSA) is 75.6 Å². The summed E-state index contributed by atoms with van der Waals surface area (Å²) in [7, 11) is 0. The first kappa shape index (κ1) is 12.9. The van der Waals surface area contributed by atoms with Gasteiger partial charge in [-0.15, -0.1) is 0 Å². The summed E-state index contributed by atoms with van der Waals surface area (Å²) >= 11 is 0. The number of carboxylic acids is 1. The van der Waals surface area contributed by atoms with Gasteiger partial charge >= 0.3 is 12.1 Å². The molecule has 2 aliphatic rings. The Kier molecular flexibility index (Phi) is 3.09. The Morgan fingerprint density at radius 2 is 1.89 bits per heavy atom. The van der Waals surface area contributed by atoms with Crippen LogP contribution in [0, 0.1) is 17.8 Å². The second-order valence-corrected chi connectivity index (χ2v) is 5.98. The monoisotopic (exact) mass is 253 g/mol. The molecule has 0 heterocycles. The highest BCUT2D eigenvalue weighted by molar-refractivity contribution is 5.75. The van der Waals surface area contributed by atoms with Crippen molar-refractivity contribution in [2.45, 2.75) is 38.8 Å². The second-order valence-electron chi connectivity index (χ2n) is 5.98. The summed E-state index contributed by atoms with van der Waals surface area (Å²) in [6.07, 6.45) is 4.19. The van der Waals surface area contributed by atoms with Gasteiger partial charge in [0.1, 0.15) is 5.60 Å². The van der Waals surface area contributed by atoms with E-state index in [1.165, 1.54) is 0 Å². The fourth-order valence-corrected chi connectivity index (χ4v) is 2.80. The summed E-state index contributed by atoms with van der Waals surface area (Å²) in [4.78, 5) is 23.0. The SMILES string of the molecule is CC(C)(C)OC(=O)N[C@@H]1[C@H](C(=O)O)[C@@H]2C=C[C@H]1C2. The second kappa shape index (κ2) is 4.30. The van der Waals surface area contributed by atoms with E-state index in [-0.39, 0.29) is 17.9 Å². The molecule has 2 N–H and O–H groups in total. The predicted octanol–water partition coefficient (Wildman–Crippen LogP) is 1.79. The molecular weight excluding hydrogens is 234 g/mol. The molecular formula is C13H19NO4. The van der Waals surface area contributed by atoms with Crippen molar-refractivity contribution in [1.29, 1.82) is 0 Å². The number of rotatable bonds is 2. The largest absolute Gasteiger partial charge is 0.481 e. The summed E-state index contributed by atoms with van der Waals surface area (Å²) in [5.41, 5.74) is -0.573. The van der Waals surface area contributed by atoms with E-state index in [1.54, 1.807) is 20.8 Å². The summed E-state index contributed by atoms with van der Waals surface area (Å²) < 4.78 is 5.17. The Morgan fingerprint density at radius 3 is 2.44 bits per heavy atom. The zero-order valence-corrected chi connectivity index (χ0v) is 10.8. The standard InChI is InChI=1S/C13H19NO4/c1-13(2,3)18-12(17)14-10-8-5-4-7(6-8)9(10)11(15)16/h4-5,7-10H,6H2,1-3H3,(H,14,17)(H,15,16)/t7-,8+,9-,10+/m1/s1. The minimum Gasteiger partial charge on any atom is -0.481 e. The molecule has 18 heavy (non-hydrogen) atoms. The molecule has 0 aromatic carbocycles. The number of ether oxygens (including phenoxy) is 1. The van der Waals surface area contributed by atoms with E-state index in [2.05, 4.69) is 5.32 Å². The number of carbonyl (C=O) groups excluding carboxylic acids is 1. The first-order chi connectivity index (χ1) is 8.28. The molecule has 0 saturated heterocycles. The number of amides is 1. The van der Waals surface area contributed by atoms with Crippen LogP contribution < -0.4 is 5.32 Å². The van der Waals surface area contributed by atoms with Gasteiger partial charge < -0.3 is 15.2 Å². The van der Waals surface area contributed by atoms with Crippen LogP contribution in [-0.4, -0.2) is 28.8 Å². The summed E-state index contributed by atoms with van der Waals surface area (Å²) in [5, 5.41) is 11.9. The zero-order chi connectivity index (χ0) is 13.5. The van der Waals surface area contributed by atoms with E-state index in [1.807, 2.05) is 12.2 Å². The summed E-state index contributed by atoms with van der Waals surface area (Å²) in [6.45, 7) is 5.34. The van der Waals surface area contributed by atoms with E-state index in [0.717, 1.165) is 6.42 Å². The maximum absolute atomic E-state index is 11.7. The van der Waals surface area contributed by atoms with Crippen LogP contribution in [0.3, 0.4) is 0 Å². The van der Waals surface area contributed by atoms with Gasteiger partial charge in [0.05, 0.1) is 12.0 Å². The van der Waals surface area contributed by atoms with Crippen LogP contribution in [0.25, 0.3) is 0 Å². The van der Waals surface area contributed by atoms with Gasteiger partial charge in [-0.25, -0.2) is 4.79 Å². The van der Waals surface area contributed by atoms with E-state index in [4.69, 9.17) is 4.74 Å². The van der Waals surface area contributed by atoms with E-state index < -0.39 is 23.6 Å². The highest BCUT2D eigenvalue weighted by Crippen LogP contribution is 2.43. The van der Waals surface area contributed by atoms with Crippen LogP contribution in [-0.2, 0) is 9.53 Å². The van der Waals surface area contributed by atoms with Gasteiger partial charge in [0.25, 0.3) is 0 Å². The minimum atomic E-state index is -0.854. The van der Waals surface area contributed by atoms with E-state index >= 15 is 0 Å². The molecule has 5 heteroatoms. The molecule has 0 spiro atoms. The Bertz CT molecular complexity index is 396. The average molecular weight is 253 g/mol. The van der Waals surface area contributed by atoms with Crippen molar-refractivity contribution < 1.29 is 19.4 Å². The lowest BCUT2D eigenvalue weighted by Gasteiger charge is -2.27. The molecule has 0 radical (unpaired) electrons. The lowest BCUT2D eigenvalue weighted by atomic mass is 9.89. The van der Waals surface area contributed by atoms with Gasteiger partial charge in [0.15, 0.2) is 0 Å². The van der Waals surface area contributed by atoms with Crippen LogP contribution in [0.1, 0.15) is 27.2 Å². The van der Waals surface area contributed by atoms with Gasteiger partial charge in [-0.05, 0) is 39.0 Å². The number of hydrogen-bond acceptors (Lipinski definition) is 3. The Labute approximate surface area is 106 Å². The Morgan fingerprint density at radius 1 is 1.28 bits per heavy atom. The molecule has 0 aromatic rings. The van der Waals surface area contributed by atoms with E-state index in [9.17, 15) is 14.7 Å². The first-order valence-electron chi connectivity index (χ1n) is 6.18. The van der Waals surface area contributed by atoms with Crippen molar-refractivity contribution in [2.24, 2.45) is 17.8 Å². The molecule has 1 fully saturated rings. The molecule has 1 amide bonds. The lowest BCUT2D eigenvalue weighted by Crippen LogP contribution is -2.47. The number of nitrogens with one attached hydrogen (secondary N) is 1. The van der Waals surface area contributed by atoms with E-state index in [0.29, 0.717) is 0 Å². The van der Waals surface area contributed by atoms with Gasteiger partial charge in [-0.2, -0.15) is 0 Å². The van der Waals surface area contributed by atoms with Crippen LogP contribution >= 0.6 is 0 Å². The number of fused-ring (bicyclic) bond motifs is 2. The number of hydrogen-bond donors (Lipinski definition) is 2. The van der Waals surface area contributed by atoms with Crippen LogP contribution in [0.4, 0.5) is 4.79 Å². The molecule has 0 aromatic heterocycles. The molecule has 2 aliphatic carbocycles. The predicted molar refractivity (Wildman–Crippen MR) is 65.0 cm³/mol. The molecule has 100 valence electrons. The number of carbonyl (C=O) groups is 2. The van der Waals surface area contributed by atoms with Crippen LogP contribution in [0.2, 0.25) is 0 Å². The third-order valence-electron chi connectivity index (χ3n) is 3.43. The van der Waals surface area contributed by atoms with Crippen molar-refractivity contribution in [3.63, 3.8) is 0 Å². The summed E-state index contributed by atoms with van der Waals surface area (Å²) in [6, 6.07) is -0.354. The Balaban J connectivity index is 2.02. The minimum absolute atomic E-state index is 0.0347. The molecule has 0 aliphatic heterocycles. The molecule has 2 rings (SSSR count). The van der Waals surface area contributed by atoms with Crippen LogP contribution in [0.15, 0.2) is 12.2 Å². The van der Waals surface area contributed by atoms with Crippen molar-refractivity contribution in [2.75, 3.05) is 0 Å². The van der Waals surface area contributed by atoms with Gasteiger partial charge in [-0.1, -0.05) is 12.2 Å². The van der Waals surface area contributed by atoms with Crippen molar-refractivity contribution in [3.05, 3.63) is 12.2 Å². The molecule has 0 unspecified atom stereocenters. The molecule has 5 nitrogen and oxygen atoms in total. The van der Waals surface area contributed by atoms with Crippen molar-refractivity contribution >= 4 is 12.1 Å². The number of allylic oxidation sites excluding steroid dienone is 1.